The molecule has 0 N–H and O–H groups in total. The molecule has 0 bridgehead atoms. The second kappa shape index (κ2) is 10.2. The molecule has 0 aliphatic carbocycles. The molecule has 0 saturated heterocycles. The average Bonchev–Trinajstić information content (AvgIpc) is 2.74. The third kappa shape index (κ3) is 6.25. The van der Waals surface area contributed by atoms with Gasteiger partial charge in [-0.1, -0.05) is 42.5 Å². The third-order valence-corrected chi connectivity index (χ3v) is 6.21. The monoisotopic (exact) mass is 470 g/mol. The molecule has 0 amide bonds. The molecule has 0 heterocycles. The molecule has 0 aliphatic rings. The molecule has 0 unspecified atom stereocenters. The summed E-state index contributed by atoms with van der Waals surface area (Å²) in [6, 6.07) is 18.7. The molecule has 31 heavy (non-hydrogen) atoms. The first kappa shape index (κ1) is 24.8. The predicted octanol–water partition coefficient (Wildman–Crippen LogP) is -0.105. The Balaban J connectivity index is 0.00000256. The Hall–Kier alpha value is -2.50. The van der Waals surface area contributed by atoms with E-state index in [4.69, 9.17) is 0 Å². The number of rotatable bonds is 6. The molecule has 3 aromatic rings. The van der Waals surface area contributed by atoms with Crippen LogP contribution in [0.15, 0.2) is 94.7 Å². The van der Waals surface area contributed by atoms with Crippen LogP contribution in [-0.4, -0.2) is 28.8 Å². The largest absolute Gasteiger partial charge is 1.00 e. The summed E-state index contributed by atoms with van der Waals surface area (Å²) in [5, 5.41) is 0. The van der Waals surface area contributed by atoms with E-state index in [0.717, 1.165) is 6.07 Å². The molecule has 156 valence electrons. The number of carbonyl (C=O) groups is 2. The van der Waals surface area contributed by atoms with Gasteiger partial charge in [0.2, 0.25) is 0 Å². The number of carbonyl (C=O) groups excluding carboxylic acids is 2. The molecule has 0 radical (unpaired) electrons. The minimum absolute atomic E-state index is 0. The van der Waals surface area contributed by atoms with Gasteiger partial charge in [0.05, 0.1) is 11.1 Å². The van der Waals surface area contributed by atoms with Crippen LogP contribution in [0.4, 0.5) is 0 Å². The predicted molar refractivity (Wildman–Crippen MR) is 106 cm³/mol. The van der Waals surface area contributed by atoms with Crippen molar-refractivity contribution in [2.45, 2.75) is 9.79 Å². The summed E-state index contributed by atoms with van der Waals surface area (Å²) in [5.74, 6) is -2.47. The van der Waals surface area contributed by atoms with Crippen LogP contribution in [0, 0.1) is 0 Å². The molecule has 0 aromatic heterocycles. The van der Waals surface area contributed by atoms with Gasteiger partial charge >= 0.3 is 61.7 Å². The maximum Gasteiger partial charge on any atom is 1.00 e. The van der Waals surface area contributed by atoms with Gasteiger partial charge in [-0.15, -0.1) is 0 Å². The summed E-state index contributed by atoms with van der Waals surface area (Å²) in [4.78, 5) is 24.0. The molecule has 11 heteroatoms. The SMILES string of the molecule is O=C(OS(=O)(=O)c1ccccc1)c1cccc(C(=O)OS(=O)(=O)c2ccccc2)c1.[H-].[Na+]. The summed E-state index contributed by atoms with van der Waals surface area (Å²) in [5.41, 5.74) is -0.554. The molecule has 0 spiro atoms. The normalized spacial score (nSPS) is 11.1. The quantitative estimate of drug-likeness (QED) is 0.362. The Morgan fingerprint density at radius 2 is 0.935 bits per heavy atom. The summed E-state index contributed by atoms with van der Waals surface area (Å²) in [6.45, 7) is 0. The molecular weight excluding hydrogens is 455 g/mol. The van der Waals surface area contributed by atoms with Crippen molar-refractivity contribution in [1.29, 1.82) is 0 Å². The van der Waals surface area contributed by atoms with E-state index in [1.807, 2.05) is 0 Å². The van der Waals surface area contributed by atoms with Gasteiger partial charge in [-0.2, -0.15) is 16.8 Å². The van der Waals surface area contributed by atoms with Gasteiger partial charge < -0.3 is 9.79 Å². The zero-order valence-corrected chi connectivity index (χ0v) is 19.8. The Morgan fingerprint density at radius 3 is 1.29 bits per heavy atom. The first-order chi connectivity index (χ1) is 14.2. The zero-order chi connectivity index (χ0) is 21.8. The number of benzene rings is 3. The van der Waals surface area contributed by atoms with Gasteiger partial charge in [-0.3, -0.25) is 0 Å². The van der Waals surface area contributed by atoms with E-state index in [1.165, 1.54) is 66.7 Å². The van der Waals surface area contributed by atoms with E-state index in [-0.39, 0.29) is 51.9 Å². The fourth-order valence-corrected chi connectivity index (χ4v) is 4.10. The van der Waals surface area contributed by atoms with E-state index < -0.39 is 32.2 Å². The van der Waals surface area contributed by atoms with Gasteiger partial charge in [0.15, 0.2) is 0 Å². The average molecular weight is 470 g/mol. The van der Waals surface area contributed by atoms with Crippen LogP contribution in [0.2, 0.25) is 0 Å². The van der Waals surface area contributed by atoms with E-state index in [2.05, 4.69) is 8.37 Å². The van der Waals surface area contributed by atoms with E-state index in [1.54, 1.807) is 12.1 Å². The Morgan fingerprint density at radius 1 is 0.581 bits per heavy atom. The van der Waals surface area contributed by atoms with Crippen molar-refractivity contribution in [2.75, 3.05) is 0 Å². The Bertz CT molecular complexity index is 1200. The molecule has 3 rings (SSSR count). The van der Waals surface area contributed by atoms with Gasteiger partial charge in [0, 0.05) is 0 Å². The summed E-state index contributed by atoms with van der Waals surface area (Å²) < 4.78 is 57.8. The number of hydrogen-bond acceptors (Lipinski definition) is 8. The third-order valence-electron chi connectivity index (χ3n) is 3.77. The molecule has 3 aromatic carbocycles. The smallest absolute Gasteiger partial charge is 1.00 e. The van der Waals surface area contributed by atoms with Crippen LogP contribution in [-0.2, 0) is 28.6 Å². The van der Waals surface area contributed by atoms with Crippen LogP contribution in [0.3, 0.4) is 0 Å². The van der Waals surface area contributed by atoms with Crippen molar-refractivity contribution in [2.24, 2.45) is 0 Å². The molecule has 0 fully saturated rings. The molecular formula is C20H15NaO8S2. The summed E-state index contributed by atoms with van der Waals surface area (Å²) in [6.07, 6.45) is 0. The van der Waals surface area contributed by atoms with Crippen molar-refractivity contribution in [3.63, 3.8) is 0 Å². The van der Waals surface area contributed by atoms with Crippen molar-refractivity contribution in [3.8, 4) is 0 Å². The maximum atomic E-state index is 12.2. The second-order valence-electron chi connectivity index (χ2n) is 5.86. The molecule has 8 nitrogen and oxygen atoms in total. The molecule has 0 saturated carbocycles. The van der Waals surface area contributed by atoms with Crippen LogP contribution in [0.5, 0.6) is 0 Å². The fourth-order valence-electron chi connectivity index (χ4n) is 2.34. The van der Waals surface area contributed by atoms with E-state index >= 15 is 0 Å². The van der Waals surface area contributed by atoms with Gasteiger partial charge in [0.25, 0.3) is 0 Å². The van der Waals surface area contributed by atoms with Crippen molar-refractivity contribution >= 4 is 32.2 Å². The van der Waals surface area contributed by atoms with Crippen molar-refractivity contribution < 1.29 is 65.8 Å². The summed E-state index contributed by atoms with van der Waals surface area (Å²) >= 11 is 0. The first-order valence-corrected chi connectivity index (χ1v) is 11.2. The summed E-state index contributed by atoms with van der Waals surface area (Å²) in [7, 11) is -8.73. The topological polar surface area (TPSA) is 121 Å². The maximum absolute atomic E-state index is 12.2. The van der Waals surface area contributed by atoms with Crippen LogP contribution in [0.25, 0.3) is 0 Å². The van der Waals surface area contributed by atoms with Crippen LogP contribution in [0.1, 0.15) is 22.1 Å². The first-order valence-electron chi connectivity index (χ1n) is 8.37. The van der Waals surface area contributed by atoms with Gasteiger partial charge in [0.1, 0.15) is 9.79 Å². The Labute approximate surface area is 202 Å². The molecule has 0 aliphatic heterocycles. The standard InChI is InChI=1S/C20H14O8S2.Na.H/c21-19(27-29(23,24)17-10-3-1-4-11-17)15-8-7-9-16(14-15)20(22)28-30(25,26)18-12-5-2-6-13-18;;/h1-14H;;/q;+1;-1. The number of hydrogen-bond donors (Lipinski definition) is 0. The second-order valence-corrected chi connectivity index (χ2v) is 8.95. The van der Waals surface area contributed by atoms with Gasteiger partial charge in [-0.25, -0.2) is 9.59 Å². The minimum atomic E-state index is -4.37. The van der Waals surface area contributed by atoms with Crippen molar-refractivity contribution in [3.05, 3.63) is 96.1 Å². The van der Waals surface area contributed by atoms with E-state index in [0.29, 0.717) is 0 Å². The zero-order valence-electron chi connectivity index (χ0n) is 17.2. The van der Waals surface area contributed by atoms with Gasteiger partial charge in [-0.05, 0) is 42.5 Å². The van der Waals surface area contributed by atoms with Crippen LogP contribution < -0.4 is 29.6 Å². The fraction of sp³-hybridized carbons (Fsp3) is 0. The van der Waals surface area contributed by atoms with Crippen LogP contribution >= 0.6 is 0 Å². The Kier molecular flexibility index (Phi) is 8.15. The minimum Gasteiger partial charge on any atom is -1.00 e. The van der Waals surface area contributed by atoms with Crippen molar-refractivity contribution in [1.82, 2.24) is 0 Å². The van der Waals surface area contributed by atoms with E-state index in [9.17, 15) is 26.4 Å². The molecule has 0 atom stereocenters.